The van der Waals surface area contributed by atoms with Crippen molar-refractivity contribution in [1.82, 2.24) is 9.71 Å². The van der Waals surface area contributed by atoms with Gasteiger partial charge in [0.25, 0.3) is 5.82 Å². The summed E-state index contributed by atoms with van der Waals surface area (Å²) >= 11 is 0. The van der Waals surface area contributed by atoms with Crippen LogP contribution in [0.3, 0.4) is 0 Å². The quantitative estimate of drug-likeness (QED) is 0.841. The lowest BCUT2D eigenvalue weighted by Gasteiger charge is -2.09. The summed E-state index contributed by atoms with van der Waals surface area (Å²) in [4.78, 5) is 18.9. The molecule has 0 amide bonds. The van der Waals surface area contributed by atoms with Crippen LogP contribution in [0.25, 0.3) is 11.0 Å². The van der Waals surface area contributed by atoms with E-state index in [1.807, 2.05) is 0 Å². The van der Waals surface area contributed by atoms with Crippen molar-refractivity contribution in [3.05, 3.63) is 24.0 Å². The average molecular weight is 274 g/mol. The number of carbonyl (C=O) groups is 1. The largest absolute Gasteiger partial charge is 0.497 e. The van der Waals surface area contributed by atoms with Gasteiger partial charge in [0.1, 0.15) is 11.3 Å². The van der Waals surface area contributed by atoms with Crippen LogP contribution in [-0.2, 0) is 11.0 Å². The Labute approximate surface area is 105 Å². The molecule has 8 heteroatoms. The zero-order valence-corrected chi connectivity index (χ0v) is 9.99. The summed E-state index contributed by atoms with van der Waals surface area (Å²) in [6, 6.07) is 4.12. The van der Waals surface area contributed by atoms with Crippen molar-refractivity contribution in [2.45, 2.75) is 13.1 Å². The van der Waals surface area contributed by atoms with Crippen molar-refractivity contribution in [3.63, 3.8) is 0 Å². The number of alkyl halides is 3. The molecular weight excluding hydrogens is 265 g/mol. The van der Waals surface area contributed by atoms with Crippen LogP contribution in [0.1, 0.15) is 12.7 Å². The Morgan fingerprint density at radius 3 is 2.58 bits per heavy atom. The number of fused-ring (bicyclic) bond motifs is 1. The molecule has 0 fully saturated rings. The van der Waals surface area contributed by atoms with E-state index in [2.05, 4.69) is 9.82 Å². The molecule has 2 aromatic rings. The third-order valence-corrected chi connectivity index (χ3v) is 2.29. The Hall–Kier alpha value is -2.25. The summed E-state index contributed by atoms with van der Waals surface area (Å²) in [6.07, 6.45) is -4.73. The normalized spacial score (nSPS) is 11.6. The average Bonchev–Trinajstić information content (AvgIpc) is 2.66. The Bertz CT molecular complexity index is 634. The topological polar surface area (TPSA) is 53.4 Å². The van der Waals surface area contributed by atoms with Crippen LogP contribution in [0.2, 0.25) is 0 Å². The van der Waals surface area contributed by atoms with E-state index in [9.17, 15) is 18.0 Å². The molecular formula is C11H9F3N2O3. The molecule has 5 nitrogen and oxygen atoms in total. The van der Waals surface area contributed by atoms with Crippen LogP contribution in [-0.4, -0.2) is 22.8 Å². The molecule has 0 bridgehead atoms. The molecule has 0 aliphatic heterocycles. The van der Waals surface area contributed by atoms with Gasteiger partial charge in [-0.25, -0.2) is 9.78 Å². The highest BCUT2D eigenvalue weighted by Crippen LogP contribution is 2.32. The first-order valence-corrected chi connectivity index (χ1v) is 5.15. The lowest BCUT2D eigenvalue weighted by Crippen LogP contribution is -2.23. The minimum atomic E-state index is -4.73. The summed E-state index contributed by atoms with van der Waals surface area (Å²) in [5, 5.41) is 0. The number of methoxy groups -OCH3 is 1. The highest BCUT2D eigenvalue weighted by atomic mass is 19.4. The maximum absolute atomic E-state index is 12.8. The number of aromatic nitrogens is 2. The summed E-state index contributed by atoms with van der Waals surface area (Å²) in [5.41, 5.74) is 0.0521. The first-order chi connectivity index (χ1) is 8.82. The van der Waals surface area contributed by atoms with E-state index in [1.54, 1.807) is 0 Å². The first kappa shape index (κ1) is 13.2. The van der Waals surface area contributed by atoms with Gasteiger partial charge in [0.15, 0.2) is 0 Å². The zero-order valence-electron chi connectivity index (χ0n) is 9.99. The summed E-state index contributed by atoms with van der Waals surface area (Å²) in [7, 11) is 1.37. The maximum Gasteiger partial charge on any atom is 0.453 e. The molecule has 0 unspecified atom stereocenters. The van der Waals surface area contributed by atoms with Gasteiger partial charge in [0.05, 0.1) is 12.6 Å². The van der Waals surface area contributed by atoms with Crippen molar-refractivity contribution >= 4 is 17.0 Å². The molecule has 0 saturated carbocycles. The fourth-order valence-corrected chi connectivity index (χ4v) is 1.56. The summed E-state index contributed by atoms with van der Waals surface area (Å²) in [6.45, 7) is 1.01. The van der Waals surface area contributed by atoms with E-state index >= 15 is 0 Å². The molecule has 0 radical (unpaired) electrons. The Kier molecular flexibility index (Phi) is 3.09. The van der Waals surface area contributed by atoms with Crippen LogP contribution < -0.4 is 9.57 Å². The molecule has 1 aromatic carbocycles. The molecule has 1 heterocycles. The van der Waals surface area contributed by atoms with Gasteiger partial charge in [-0.05, 0) is 12.1 Å². The van der Waals surface area contributed by atoms with Crippen molar-refractivity contribution in [1.29, 1.82) is 0 Å². The van der Waals surface area contributed by atoms with E-state index in [0.717, 1.165) is 6.92 Å². The second-order valence-electron chi connectivity index (χ2n) is 3.67. The third-order valence-electron chi connectivity index (χ3n) is 2.29. The lowest BCUT2D eigenvalue weighted by atomic mass is 10.3. The van der Waals surface area contributed by atoms with Crippen LogP contribution in [0.15, 0.2) is 18.2 Å². The van der Waals surface area contributed by atoms with Crippen molar-refractivity contribution in [2.75, 3.05) is 7.11 Å². The zero-order chi connectivity index (χ0) is 14.2. The fourth-order valence-electron chi connectivity index (χ4n) is 1.56. The fraction of sp³-hybridized carbons (Fsp3) is 0.273. The van der Waals surface area contributed by atoms with Gasteiger partial charge in [-0.2, -0.15) is 13.2 Å². The molecule has 0 atom stereocenters. The third kappa shape index (κ3) is 2.47. The second-order valence-corrected chi connectivity index (χ2v) is 3.67. The number of nitrogens with zero attached hydrogens (tertiary/aromatic N) is 2. The molecule has 0 N–H and O–H groups in total. The Balaban J connectivity index is 2.71. The Morgan fingerprint density at radius 2 is 2.05 bits per heavy atom. The number of hydrogen-bond acceptors (Lipinski definition) is 4. The molecule has 0 saturated heterocycles. The van der Waals surface area contributed by atoms with Gasteiger partial charge >= 0.3 is 12.1 Å². The van der Waals surface area contributed by atoms with Crippen molar-refractivity contribution in [2.24, 2.45) is 0 Å². The van der Waals surface area contributed by atoms with Gasteiger partial charge in [0.2, 0.25) is 0 Å². The van der Waals surface area contributed by atoms with Gasteiger partial charge in [-0.15, -0.1) is 4.73 Å². The van der Waals surface area contributed by atoms with E-state index in [4.69, 9.17) is 4.74 Å². The summed E-state index contributed by atoms with van der Waals surface area (Å²) < 4.78 is 43.7. The van der Waals surface area contributed by atoms with E-state index in [0.29, 0.717) is 10.5 Å². The summed E-state index contributed by atoms with van der Waals surface area (Å²) in [5.74, 6) is -1.85. The van der Waals surface area contributed by atoms with E-state index in [-0.39, 0.29) is 11.0 Å². The number of benzene rings is 1. The smallest absolute Gasteiger partial charge is 0.453 e. The molecule has 0 spiro atoms. The predicted molar refractivity (Wildman–Crippen MR) is 58.5 cm³/mol. The van der Waals surface area contributed by atoms with Crippen LogP contribution in [0.5, 0.6) is 5.75 Å². The molecule has 19 heavy (non-hydrogen) atoms. The van der Waals surface area contributed by atoms with Gasteiger partial charge in [0, 0.05) is 13.0 Å². The van der Waals surface area contributed by atoms with Gasteiger partial charge < -0.3 is 9.57 Å². The monoisotopic (exact) mass is 274 g/mol. The molecule has 102 valence electrons. The minimum Gasteiger partial charge on any atom is -0.497 e. The van der Waals surface area contributed by atoms with E-state index < -0.39 is 18.0 Å². The standard InChI is InChI=1S/C11H9F3N2O3/c1-6(17)19-16-9-5-7(18-2)3-4-8(9)15-10(16)11(12,13)14/h3-5H,1-2H3. The highest BCUT2D eigenvalue weighted by Gasteiger charge is 2.39. The van der Waals surface area contributed by atoms with Gasteiger partial charge in [-0.3, -0.25) is 0 Å². The molecule has 0 aliphatic rings. The lowest BCUT2D eigenvalue weighted by molar-refractivity contribution is -0.161. The number of imidazole rings is 1. The van der Waals surface area contributed by atoms with Crippen molar-refractivity contribution in [3.8, 4) is 5.75 Å². The number of hydrogen-bond donors (Lipinski definition) is 0. The number of halogens is 3. The molecule has 1 aromatic heterocycles. The van der Waals surface area contributed by atoms with Crippen LogP contribution in [0, 0.1) is 0 Å². The molecule has 0 aliphatic carbocycles. The highest BCUT2D eigenvalue weighted by molar-refractivity contribution is 5.78. The SMILES string of the molecule is COc1ccc2nc(C(F)(F)F)n(OC(C)=O)c2c1. The van der Waals surface area contributed by atoms with Crippen molar-refractivity contribution < 1.29 is 27.5 Å². The number of ether oxygens (including phenoxy) is 1. The van der Waals surface area contributed by atoms with E-state index in [1.165, 1.54) is 25.3 Å². The predicted octanol–water partition coefficient (Wildman–Crippen LogP) is 2.04. The maximum atomic E-state index is 12.8. The van der Waals surface area contributed by atoms with Gasteiger partial charge in [-0.1, -0.05) is 0 Å². The number of carbonyl (C=O) groups excluding carboxylic acids is 1. The molecule has 2 rings (SSSR count). The van der Waals surface area contributed by atoms with Crippen LogP contribution >= 0.6 is 0 Å². The number of rotatable bonds is 2. The second kappa shape index (κ2) is 4.45. The minimum absolute atomic E-state index is 0.00174. The first-order valence-electron chi connectivity index (χ1n) is 5.15. The van der Waals surface area contributed by atoms with Crippen LogP contribution in [0.4, 0.5) is 13.2 Å². The Morgan fingerprint density at radius 1 is 1.37 bits per heavy atom.